The van der Waals surface area contributed by atoms with Crippen LogP contribution in [-0.2, 0) is 0 Å². The molecule has 1 rings (SSSR count). The monoisotopic (exact) mass is 280 g/mol. The summed E-state index contributed by atoms with van der Waals surface area (Å²) >= 11 is 5.79. The first-order valence-corrected chi connectivity index (χ1v) is 4.35. The van der Waals surface area contributed by atoms with Crippen LogP contribution in [0.5, 0.6) is 0 Å². The standard InChI is InChI=1S/C7H3Br2FO/c8-4-1-2-6(10)5(3-4)7(9)11/h1-3H. The molecule has 0 heterocycles. The van der Waals surface area contributed by atoms with Gasteiger partial charge in [-0.05, 0) is 34.1 Å². The van der Waals surface area contributed by atoms with Crippen LogP contribution in [-0.4, -0.2) is 4.69 Å². The van der Waals surface area contributed by atoms with Crippen LogP contribution in [0.25, 0.3) is 0 Å². The van der Waals surface area contributed by atoms with Crippen molar-refractivity contribution in [1.82, 2.24) is 0 Å². The van der Waals surface area contributed by atoms with Gasteiger partial charge in [-0.15, -0.1) is 0 Å². The van der Waals surface area contributed by atoms with Crippen molar-refractivity contribution in [3.8, 4) is 0 Å². The SMILES string of the molecule is O=C(Br)c1cc(Br)ccc1F. The third-order valence-electron chi connectivity index (χ3n) is 1.14. The molecule has 4 heteroatoms. The molecule has 0 aliphatic heterocycles. The van der Waals surface area contributed by atoms with Crippen molar-refractivity contribution in [1.29, 1.82) is 0 Å². The molecule has 1 aromatic carbocycles. The second-order valence-corrected chi connectivity index (χ2v) is 3.53. The summed E-state index contributed by atoms with van der Waals surface area (Å²) in [6.45, 7) is 0. The first-order valence-electron chi connectivity index (χ1n) is 2.76. The summed E-state index contributed by atoms with van der Waals surface area (Å²) in [4.78, 5) is 10.7. The van der Waals surface area contributed by atoms with E-state index in [1.807, 2.05) is 0 Å². The maximum Gasteiger partial charge on any atom is 0.231 e. The molecule has 1 aromatic rings. The summed E-state index contributed by atoms with van der Waals surface area (Å²) in [7, 11) is 0. The minimum Gasteiger partial charge on any atom is -0.281 e. The quantitative estimate of drug-likeness (QED) is 0.723. The largest absolute Gasteiger partial charge is 0.281 e. The second kappa shape index (κ2) is 3.45. The Morgan fingerprint density at radius 2 is 2.09 bits per heavy atom. The summed E-state index contributed by atoms with van der Waals surface area (Å²) in [6.07, 6.45) is 0. The van der Waals surface area contributed by atoms with E-state index in [0.29, 0.717) is 4.47 Å². The Morgan fingerprint density at radius 3 is 2.55 bits per heavy atom. The van der Waals surface area contributed by atoms with Crippen LogP contribution < -0.4 is 0 Å². The fourth-order valence-corrected chi connectivity index (χ4v) is 1.31. The van der Waals surface area contributed by atoms with E-state index in [1.54, 1.807) is 0 Å². The smallest absolute Gasteiger partial charge is 0.231 e. The number of halogens is 3. The lowest BCUT2D eigenvalue weighted by Gasteiger charge is -1.96. The van der Waals surface area contributed by atoms with E-state index in [2.05, 4.69) is 31.9 Å². The van der Waals surface area contributed by atoms with Crippen molar-refractivity contribution >= 4 is 36.6 Å². The molecule has 0 spiro atoms. The Kier molecular flexibility index (Phi) is 2.78. The molecule has 0 unspecified atom stereocenters. The van der Waals surface area contributed by atoms with Crippen molar-refractivity contribution in [2.45, 2.75) is 0 Å². The van der Waals surface area contributed by atoms with E-state index >= 15 is 0 Å². The van der Waals surface area contributed by atoms with Crippen LogP contribution in [0.1, 0.15) is 10.4 Å². The van der Waals surface area contributed by atoms with Crippen LogP contribution in [0.4, 0.5) is 4.39 Å². The maximum atomic E-state index is 12.7. The van der Waals surface area contributed by atoms with E-state index in [0.717, 1.165) is 0 Å². The zero-order valence-corrected chi connectivity index (χ0v) is 8.45. The molecule has 0 atom stereocenters. The van der Waals surface area contributed by atoms with Gasteiger partial charge in [0.2, 0.25) is 4.69 Å². The molecular formula is C7H3Br2FO. The molecule has 0 aromatic heterocycles. The summed E-state index contributed by atoms with van der Waals surface area (Å²) in [6, 6.07) is 4.19. The number of benzene rings is 1. The van der Waals surface area contributed by atoms with Gasteiger partial charge in [0.25, 0.3) is 0 Å². The Balaban J connectivity index is 3.23. The summed E-state index contributed by atoms with van der Waals surface area (Å²) in [5, 5.41) is 0. The zero-order chi connectivity index (χ0) is 8.43. The van der Waals surface area contributed by atoms with Gasteiger partial charge in [0.1, 0.15) is 5.82 Å². The molecular weight excluding hydrogens is 279 g/mol. The van der Waals surface area contributed by atoms with E-state index in [9.17, 15) is 9.18 Å². The third kappa shape index (κ3) is 2.10. The molecule has 0 aliphatic carbocycles. The minimum absolute atomic E-state index is 0.0411. The van der Waals surface area contributed by atoms with Gasteiger partial charge in [-0.1, -0.05) is 15.9 Å². The highest BCUT2D eigenvalue weighted by Crippen LogP contribution is 2.17. The van der Waals surface area contributed by atoms with E-state index in [-0.39, 0.29) is 5.56 Å². The molecule has 0 bridgehead atoms. The van der Waals surface area contributed by atoms with Crippen molar-refractivity contribution < 1.29 is 9.18 Å². The maximum absolute atomic E-state index is 12.7. The lowest BCUT2D eigenvalue weighted by atomic mass is 10.2. The predicted octanol–water partition coefficient (Wildman–Crippen LogP) is 3.12. The lowest BCUT2D eigenvalue weighted by Crippen LogP contribution is -1.92. The highest BCUT2D eigenvalue weighted by Gasteiger charge is 2.07. The third-order valence-corrected chi connectivity index (χ3v) is 2.06. The van der Waals surface area contributed by atoms with Crippen molar-refractivity contribution in [2.75, 3.05) is 0 Å². The van der Waals surface area contributed by atoms with Gasteiger partial charge in [-0.3, -0.25) is 4.79 Å². The fraction of sp³-hybridized carbons (Fsp3) is 0. The molecule has 11 heavy (non-hydrogen) atoms. The van der Waals surface area contributed by atoms with Gasteiger partial charge >= 0.3 is 0 Å². The summed E-state index contributed by atoms with van der Waals surface area (Å²) in [5.74, 6) is -0.518. The van der Waals surface area contributed by atoms with E-state index < -0.39 is 10.5 Å². The molecule has 0 aliphatic rings. The van der Waals surface area contributed by atoms with E-state index in [4.69, 9.17) is 0 Å². The molecule has 0 saturated carbocycles. The summed E-state index contributed by atoms with van der Waals surface area (Å²) < 4.78 is 13.0. The van der Waals surface area contributed by atoms with E-state index in [1.165, 1.54) is 18.2 Å². The van der Waals surface area contributed by atoms with Crippen molar-refractivity contribution in [2.24, 2.45) is 0 Å². The van der Waals surface area contributed by atoms with Gasteiger partial charge in [-0.2, -0.15) is 0 Å². The number of rotatable bonds is 1. The Hall–Kier alpha value is -0.220. The summed E-state index contributed by atoms with van der Waals surface area (Å²) in [5.41, 5.74) is 0.0411. The Labute approximate surface area is 79.9 Å². The molecule has 0 fully saturated rings. The molecule has 0 N–H and O–H groups in total. The molecule has 1 nitrogen and oxygen atoms in total. The number of carbonyl (C=O) groups is 1. The predicted molar refractivity (Wildman–Crippen MR) is 47.4 cm³/mol. The number of hydrogen-bond acceptors (Lipinski definition) is 1. The molecule has 0 amide bonds. The van der Waals surface area contributed by atoms with Crippen LogP contribution in [0.15, 0.2) is 22.7 Å². The fourth-order valence-electron chi connectivity index (χ4n) is 0.648. The van der Waals surface area contributed by atoms with Gasteiger partial charge < -0.3 is 0 Å². The first-order chi connectivity index (χ1) is 5.11. The Bertz CT molecular complexity index is 298. The Morgan fingerprint density at radius 1 is 1.45 bits per heavy atom. The van der Waals surface area contributed by atoms with Crippen LogP contribution >= 0.6 is 31.9 Å². The number of hydrogen-bond donors (Lipinski definition) is 0. The lowest BCUT2D eigenvalue weighted by molar-refractivity contribution is 0.109. The van der Waals surface area contributed by atoms with Crippen LogP contribution in [0.3, 0.4) is 0 Å². The second-order valence-electron chi connectivity index (χ2n) is 1.90. The normalized spacial score (nSPS) is 9.73. The van der Waals surface area contributed by atoms with Crippen LogP contribution in [0.2, 0.25) is 0 Å². The average Bonchev–Trinajstić information content (AvgIpc) is 1.94. The van der Waals surface area contributed by atoms with Crippen molar-refractivity contribution in [3.05, 3.63) is 34.1 Å². The first kappa shape index (κ1) is 8.87. The van der Waals surface area contributed by atoms with Gasteiger partial charge in [-0.25, -0.2) is 4.39 Å². The van der Waals surface area contributed by atoms with Gasteiger partial charge in [0.05, 0.1) is 5.56 Å². The molecule has 0 saturated heterocycles. The minimum atomic E-state index is -0.518. The molecule has 58 valence electrons. The molecule has 0 radical (unpaired) electrons. The number of carbonyl (C=O) groups excluding carboxylic acids is 1. The highest BCUT2D eigenvalue weighted by molar-refractivity contribution is 9.18. The topological polar surface area (TPSA) is 17.1 Å². The van der Waals surface area contributed by atoms with Crippen LogP contribution in [0, 0.1) is 5.82 Å². The zero-order valence-electron chi connectivity index (χ0n) is 5.27. The van der Waals surface area contributed by atoms with Gasteiger partial charge in [0.15, 0.2) is 0 Å². The van der Waals surface area contributed by atoms with Gasteiger partial charge in [0, 0.05) is 4.47 Å². The van der Waals surface area contributed by atoms with Crippen molar-refractivity contribution in [3.63, 3.8) is 0 Å². The average molecular weight is 282 g/mol. The highest BCUT2D eigenvalue weighted by atomic mass is 79.9.